The van der Waals surface area contributed by atoms with Crippen LogP contribution in [0.1, 0.15) is 11.1 Å². The molecule has 0 fully saturated rings. The van der Waals surface area contributed by atoms with Crippen molar-refractivity contribution in [3.8, 4) is 5.75 Å². The Morgan fingerprint density at radius 2 is 1.47 bits per heavy atom. The van der Waals surface area contributed by atoms with Crippen molar-refractivity contribution >= 4 is 15.9 Å². The normalized spacial score (nSPS) is 12.2. The number of rotatable bonds is 9. The number of benzene rings is 3. The maximum absolute atomic E-state index is 12.9. The molecule has 0 aliphatic rings. The Hall–Kier alpha value is -3.16. The van der Waals surface area contributed by atoms with Gasteiger partial charge in [0.2, 0.25) is 15.9 Å². The molecule has 0 aromatic heterocycles. The summed E-state index contributed by atoms with van der Waals surface area (Å²) in [5.41, 5.74) is 1.74. The Kier molecular flexibility index (Phi) is 7.21. The van der Waals surface area contributed by atoms with Crippen LogP contribution in [0.15, 0.2) is 89.8 Å². The Bertz CT molecular complexity index is 1050. The summed E-state index contributed by atoms with van der Waals surface area (Å²) in [6.07, 6.45) is 0.237. The lowest BCUT2D eigenvalue weighted by Gasteiger charge is -2.19. The molecular weight excluding hydrogens is 400 g/mol. The molecule has 30 heavy (non-hydrogen) atoms. The van der Waals surface area contributed by atoms with Gasteiger partial charge in [0.05, 0.1) is 12.0 Å². The minimum absolute atomic E-state index is 0.117. The highest BCUT2D eigenvalue weighted by molar-refractivity contribution is 7.89. The molecule has 156 valence electrons. The summed E-state index contributed by atoms with van der Waals surface area (Å²) in [7, 11) is -2.26. The van der Waals surface area contributed by atoms with Crippen LogP contribution in [-0.2, 0) is 27.8 Å². The highest BCUT2D eigenvalue weighted by atomic mass is 32.2. The molecule has 0 saturated heterocycles. The van der Waals surface area contributed by atoms with E-state index in [1.807, 2.05) is 42.5 Å². The van der Waals surface area contributed by atoms with Crippen LogP contribution in [0, 0.1) is 0 Å². The second kappa shape index (κ2) is 10.0. The van der Waals surface area contributed by atoms with Gasteiger partial charge < -0.3 is 10.1 Å². The number of hydrogen-bond donors (Lipinski definition) is 2. The summed E-state index contributed by atoms with van der Waals surface area (Å²) in [5.74, 6) is 0.330. The molecule has 1 amide bonds. The van der Waals surface area contributed by atoms with Crippen LogP contribution in [0.5, 0.6) is 5.75 Å². The van der Waals surface area contributed by atoms with Crippen molar-refractivity contribution in [1.29, 1.82) is 0 Å². The van der Waals surface area contributed by atoms with E-state index in [-0.39, 0.29) is 17.9 Å². The second-order valence-electron chi connectivity index (χ2n) is 6.74. The highest BCUT2D eigenvalue weighted by Gasteiger charge is 2.25. The molecule has 0 heterocycles. The molecule has 7 heteroatoms. The smallest absolute Gasteiger partial charge is 0.241 e. The van der Waals surface area contributed by atoms with Gasteiger partial charge in [0.25, 0.3) is 0 Å². The molecule has 0 saturated carbocycles. The number of hydrogen-bond acceptors (Lipinski definition) is 4. The van der Waals surface area contributed by atoms with Gasteiger partial charge in [-0.2, -0.15) is 4.72 Å². The van der Waals surface area contributed by atoms with Gasteiger partial charge in [-0.3, -0.25) is 4.79 Å². The van der Waals surface area contributed by atoms with Crippen molar-refractivity contribution in [3.63, 3.8) is 0 Å². The molecule has 2 N–H and O–H groups in total. The first-order chi connectivity index (χ1) is 14.5. The molecule has 3 rings (SSSR count). The minimum Gasteiger partial charge on any atom is -0.497 e. The zero-order valence-corrected chi connectivity index (χ0v) is 17.4. The van der Waals surface area contributed by atoms with Crippen LogP contribution in [-0.4, -0.2) is 27.5 Å². The highest BCUT2D eigenvalue weighted by Crippen LogP contribution is 2.13. The zero-order valence-electron chi connectivity index (χ0n) is 16.6. The summed E-state index contributed by atoms with van der Waals surface area (Å²) in [4.78, 5) is 13.0. The van der Waals surface area contributed by atoms with Gasteiger partial charge in [-0.15, -0.1) is 0 Å². The fourth-order valence-electron chi connectivity index (χ4n) is 2.95. The Balaban J connectivity index is 1.75. The van der Waals surface area contributed by atoms with E-state index in [9.17, 15) is 13.2 Å². The van der Waals surface area contributed by atoms with Crippen LogP contribution in [0.3, 0.4) is 0 Å². The number of amides is 1. The minimum atomic E-state index is -3.84. The first kappa shape index (κ1) is 21.5. The van der Waals surface area contributed by atoms with E-state index in [0.29, 0.717) is 0 Å². The number of sulfonamides is 1. The van der Waals surface area contributed by atoms with Gasteiger partial charge >= 0.3 is 0 Å². The number of ether oxygens (including phenoxy) is 1. The zero-order chi connectivity index (χ0) is 21.4. The first-order valence-corrected chi connectivity index (χ1v) is 11.0. The summed E-state index contributed by atoms with van der Waals surface area (Å²) < 4.78 is 33.2. The van der Waals surface area contributed by atoms with Crippen molar-refractivity contribution in [3.05, 3.63) is 96.1 Å². The predicted molar refractivity (Wildman–Crippen MR) is 116 cm³/mol. The van der Waals surface area contributed by atoms with Crippen molar-refractivity contribution in [2.75, 3.05) is 7.11 Å². The lowest BCUT2D eigenvalue weighted by Crippen LogP contribution is -2.47. The van der Waals surface area contributed by atoms with Gasteiger partial charge in [-0.25, -0.2) is 8.42 Å². The van der Waals surface area contributed by atoms with Gasteiger partial charge in [0.1, 0.15) is 11.8 Å². The molecule has 0 unspecified atom stereocenters. The fourth-order valence-corrected chi connectivity index (χ4v) is 4.16. The Morgan fingerprint density at radius 3 is 2.07 bits per heavy atom. The van der Waals surface area contributed by atoms with Crippen LogP contribution in [0.4, 0.5) is 0 Å². The molecule has 0 aliphatic carbocycles. The van der Waals surface area contributed by atoms with Crippen LogP contribution in [0.25, 0.3) is 0 Å². The largest absolute Gasteiger partial charge is 0.497 e. The number of carbonyl (C=O) groups excluding carboxylic acids is 1. The van der Waals surface area contributed by atoms with Crippen molar-refractivity contribution in [2.45, 2.75) is 23.9 Å². The predicted octanol–water partition coefficient (Wildman–Crippen LogP) is 2.90. The maximum atomic E-state index is 12.9. The van der Waals surface area contributed by atoms with Gasteiger partial charge in [-0.05, 0) is 41.8 Å². The third kappa shape index (κ3) is 5.92. The molecule has 0 aliphatic heterocycles. The van der Waals surface area contributed by atoms with E-state index >= 15 is 0 Å². The van der Waals surface area contributed by atoms with Crippen molar-refractivity contribution in [1.82, 2.24) is 10.0 Å². The summed E-state index contributed by atoms with van der Waals surface area (Å²) in [6, 6.07) is 23.7. The number of methoxy groups -OCH3 is 1. The standard InChI is InChI=1S/C23H24N2O4S/c1-29-20-14-12-19(13-15-20)17-24-23(26)22(16-18-8-4-2-5-9-18)25-30(27,28)21-10-6-3-7-11-21/h2-15,22,25H,16-17H2,1H3,(H,24,26)/t22-/m0/s1. The Labute approximate surface area is 177 Å². The van der Waals surface area contributed by atoms with E-state index in [2.05, 4.69) is 10.0 Å². The maximum Gasteiger partial charge on any atom is 0.241 e. The molecule has 3 aromatic rings. The quantitative estimate of drug-likeness (QED) is 0.553. The van der Waals surface area contributed by atoms with Crippen LogP contribution >= 0.6 is 0 Å². The van der Waals surface area contributed by atoms with Gasteiger partial charge in [-0.1, -0.05) is 60.7 Å². The lowest BCUT2D eigenvalue weighted by atomic mass is 10.1. The van der Waals surface area contributed by atoms with E-state index in [1.165, 1.54) is 12.1 Å². The molecule has 1 atom stereocenters. The third-order valence-electron chi connectivity index (χ3n) is 4.58. The summed E-state index contributed by atoms with van der Waals surface area (Å²) in [5, 5.41) is 2.82. The number of carbonyl (C=O) groups is 1. The van der Waals surface area contributed by atoms with Crippen molar-refractivity contribution in [2.24, 2.45) is 0 Å². The molecule has 0 bridgehead atoms. The van der Waals surface area contributed by atoms with E-state index in [0.717, 1.165) is 16.9 Å². The second-order valence-corrected chi connectivity index (χ2v) is 8.46. The molecule has 0 spiro atoms. The fraction of sp³-hybridized carbons (Fsp3) is 0.174. The van der Waals surface area contributed by atoms with Crippen LogP contribution < -0.4 is 14.8 Å². The Morgan fingerprint density at radius 1 is 0.867 bits per heavy atom. The first-order valence-electron chi connectivity index (χ1n) is 9.50. The van der Waals surface area contributed by atoms with Crippen molar-refractivity contribution < 1.29 is 17.9 Å². The van der Waals surface area contributed by atoms with E-state index in [4.69, 9.17) is 4.74 Å². The molecule has 0 radical (unpaired) electrons. The molecular formula is C23H24N2O4S. The van der Waals surface area contributed by atoms with E-state index in [1.54, 1.807) is 37.4 Å². The molecule has 3 aromatic carbocycles. The number of nitrogens with one attached hydrogen (secondary N) is 2. The van der Waals surface area contributed by atoms with E-state index < -0.39 is 22.0 Å². The topological polar surface area (TPSA) is 84.5 Å². The summed E-state index contributed by atoms with van der Waals surface area (Å²) >= 11 is 0. The monoisotopic (exact) mass is 424 g/mol. The third-order valence-corrected chi connectivity index (χ3v) is 6.06. The lowest BCUT2D eigenvalue weighted by molar-refractivity contribution is -0.122. The van der Waals surface area contributed by atoms with Crippen LogP contribution in [0.2, 0.25) is 0 Å². The average molecular weight is 425 g/mol. The summed E-state index contributed by atoms with van der Waals surface area (Å²) in [6.45, 7) is 0.279. The van der Waals surface area contributed by atoms with Gasteiger partial charge in [0, 0.05) is 6.54 Å². The molecule has 6 nitrogen and oxygen atoms in total. The average Bonchev–Trinajstić information content (AvgIpc) is 2.78. The van der Waals surface area contributed by atoms with Gasteiger partial charge in [0.15, 0.2) is 0 Å². The SMILES string of the molecule is COc1ccc(CNC(=O)[C@H](Cc2ccccc2)NS(=O)(=O)c2ccccc2)cc1.